The van der Waals surface area contributed by atoms with Crippen LogP contribution in [0.5, 0.6) is 0 Å². The molecule has 4 saturated carbocycles. The number of fused-ring (bicyclic) bond motifs is 4. The lowest BCUT2D eigenvalue weighted by Crippen LogP contribution is -2.57. The molecule has 2 heteroatoms. The molecule has 6 aromatic rings. The Hall–Kier alpha value is -4.27. The van der Waals surface area contributed by atoms with Crippen LogP contribution in [0, 0.1) is 23.7 Å². The van der Waals surface area contributed by atoms with Crippen molar-refractivity contribution in [3.8, 4) is 11.1 Å². The maximum Gasteiger partial charge on any atom is 0.0514 e. The maximum atomic E-state index is 2.67. The molecule has 1 nitrogen and oxygen atoms in total. The zero-order chi connectivity index (χ0) is 36.4. The Balaban J connectivity index is 1.13. The summed E-state index contributed by atoms with van der Waals surface area (Å²) in [5.74, 6) is 3.19. The molecule has 0 atom stereocenters. The zero-order valence-electron chi connectivity index (χ0n) is 32.2. The van der Waals surface area contributed by atoms with Crippen LogP contribution in [-0.4, -0.2) is 0 Å². The Kier molecular flexibility index (Phi) is 7.27. The van der Waals surface area contributed by atoms with Crippen LogP contribution >= 0.6 is 11.8 Å². The lowest BCUT2D eigenvalue weighted by Gasteiger charge is -2.63. The van der Waals surface area contributed by atoms with Crippen molar-refractivity contribution in [3.05, 3.63) is 150 Å². The standard InChI is InChI=1S/C52H51NS/c1-50(2)24-25-51(3,4)45-32-42(22-23-43(45)50)53(41-20-18-36(19-21-41)38-17-16-35-10-5-6-11-37(35)31-38)46-13-9-15-48-49(46)52(44-12-7-8-14-47(44)54-48)39-27-33-26-34(29-39)30-40(52)28-33/h5-23,31-34,39-40H,24-30H2,1-4H3. The van der Waals surface area contributed by atoms with E-state index in [1.165, 1.54) is 105 Å². The van der Waals surface area contributed by atoms with Crippen molar-refractivity contribution in [1.29, 1.82) is 0 Å². The van der Waals surface area contributed by atoms with Gasteiger partial charge in [0.15, 0.2) is 0 Å². The van der Waals surface area contributed by atoms with Gasteiger partial charge in [0.05, 0.1) is 5.69 Å². The fourth-order valence-corrected chi connectivity index (χ4v) is 13.7. The van der Waals surface area contributed by atoms with Gasteiger partial charge in [0.25, 0.3) is 0 Å². The van der Waals surface area contributed by atoms with Gasteiger partial charge in [-0.25, -0.2) is 0 Å². The molecule has 0 amide bonds. The van der Waals surface area contributed by atoms with Crippen molar-refractivity contribution < 1.29 is 0 Å². The van der Waals surface area contributed by atoms with E-state index in [1.54, 1.807) is 11.1 Å². The third-order valence-corrected chi connectivity index (χ3v) is 16.1. The first-order valence-corrected chi connectivity index (χ1v) is 21.5. The molecule has 1 spiro atoms. The molecule has 0 saturated heterocycles. The minimum atomic E-state index is 0.0416. The van der Waals surface area contributed by atoms with E-state index in [2.05, 4.69) is 160 Å². The molecule has 0 N–H and O–H groups in total. The van der Waals surface area contributed by atoms with Crippen LogP contribution < -0.4 is 4.90 Å². The van der Waals surface area contributed by atoms with Crippen LogP contribution in [0.25, 0.3) is 21.9 Å². The average Bonchev–Trinajstić information content (AvgIpc) is 3.18. The molecule has 6 aliphatic rings. The Bertz CT molecular complexity index is 2420. The Labute approximate surface area is 326 Å². The molecule has 54 heavy (non-hydrogen) atoms. The topological polar surface area (TPSA) is 3.24 Å². The summed E-state index contributed by atoms with van der Waals surface area (Å²) in [4.78, 5) is 5.62. The normalized spacial score (nSPS) is 26.7. The summed E-state index contributed by atoms with van der Waals surface area (Å²) < 4.78 is 0. The molecule has 1 heterocycles. The molecule has 5 aliphatic carbocycles. The maximum absolute atomic E-state index is 2.67. The molecular formula is C52H51NS. The van der Waals surface area contributed by atoms with Crippen LogP contribution in [0.4, 0.5) is 17.1 Å². The van der Waals surface area contributed by atoms with Crippen molar-refractivity contribution in [2.24, 2.45) is 23.7 Å². The SMILES string of the molecule is CC1(C)CCC(C)(C)c2cc(N(c3ccc(-c4ccc5ccccc5c4)cc3)c3cccc4c3C3(c5ccccc5S4)C4CC5CC(C4)CC3C5)ccc21. The minimum Gasteiger partial charge on any atom is -0.310 e. The molecule has 270 valence electrons. The second-order valence-corrected chi connectivity index (χ2v) is 19.9. The third kappa shape index (κ3) is 4.84. The van der Waals surface area contributed by atoms with Gasteiger partial charge >= 0.3 is 0 Å². The summed E-state index contributed by atoms with van der Waals surface area (Å²) in [6.45, 7) is 9.83. The Morgan fingerprint density at radius 1 is 0.500 bits per heavy atom. The highest BCUT2D eigenvalue weighted by Crippen LogP contribution is 2.70. The number of benzene rings is 6. The fraction of sp³-hybridized carbons (Fsp3) is 0.346. The number of nitrogens with zero attached hydrogens (tertiary/aromatic N) is 1. The molecule has 1 aliphatic heterocycles. The summed E-state index contributed by atoms with van der Waals surface area (Å²) in [6.07, 6.45) is 9.41. The van der Waals surface area contributed by atoms with E-state index in [0.29, 0.717) is 11.8 Å². The molecule has 4 fully saturated rings. The second kappa shape index (κ2) is 11.9. The van der Waals surface area contributed by atoms with E-state index in [4.69, 9.17) is 0 Å². The third-order valence-electron chi connectivity index (χ3n) is 14.9. The Morgan fingerprint density at radius 3 is 1.89 bits per heavy atom. The predicted molar refractivity (Wildman–Crippen MR) is 228 cm³/mol. The van der Waals surface area contributed by atoms with E-state index in [-0.39, 0.29) is 16.2 Å². The number of rotatable bonds is 4. The summed E-state index contributed by atoms with van der Waals surface area (Å²) in [5, 5.41) is 2.57. The van der Waals surface area contributed by atoms with Crippen molar-refractivity contribution in [2.75, 3.05) is 4.90 Å². The molecule has 0 aromatic heterocycles. The van der Waals surface area contributed by atoms with Crippen molar-refractivity contribution in [1.82, 2.24) is 0 Å². The molecular weight excluding hydrogens is 671 g/mol. The van der Waals surface area contributed by atoms with E-state index in [1.807, 2.05) is 11.8 Å². The summed E-state index contributed by atoms with van der Waals surface area (Å²) >= 11 is 2.02. The van der Waals surface area contributed by atoms with Crippen LogP contribution in [0.1, 0.15) is 94.9 Å². The van der Waals surface area contributed by atoms with Gasteiger partial charge in [-0.15, -0.1) is 0 Å². The van der Waals surface area contributed by atoms with Gasteiger partial charge in [-0.2, -0.15) is 0 Å². The van der Waals surface area contributed by atoms with Crippen molar-refractivity contribution >= 4 is 39.6 Å². The molecule has 12 rings (SSSR count). The van der Waals surface area contributed by atoms with E-state index >= 15 is 0 Å². The lowest BCUT2D eigenvalue weighted by atomic mass is 9.42. The highest BCUT2D eigenvalue weighted by molar-refractivity contribution is 7.99. The first kappa shape index (κ1) is 33.1. The smallest absolute Gasteiger partial charge is 0.0514 e. The van der Waals surface area contributed by atoms with Crippen LogP contribution in [-0.2, 0) is 16.2 Å². The van der Waals surface area contributed by atoms with E-state index < -0.39 is 0 Å². The zero-order valence-corrected chi connectivity index (χ0v) is 33.1. The highest BCUT2D eigenvalue weighted by Gasteiger charge is 2.61. The van der Waals surface area contributed by atoms with Gasteiger partial charge in [0, 0.05) is 32.1 Å². The summed E-state index contributed by atoms with van der Waals surface area (Å²) in [5.41, 5.74) is 13.0. The van der Waals surface area contributed by atoms with Gasteiger partial charge in [-0.1, -0.05) is 118 Å². The average molecular weight is 722 g/mol. The van der Waals surface area contributed by atoms with Gasteiger partial charge in [0.2, 0.25) is 0 Å². The highest BCUT2D eigenvalue weighted by atomic mass is 32.2. The molecule has 6 aromatic carbocycles. The summed E-state index contributed by atoms with van der Waals surface area (Å²) in [7, 11) is 0. The quantitative estimate of drug-likeness (QED) is 0.178. The number of hydrogen-bond acceptors (Lipinski definition) is 2. The van der Waals surface area contributed by atoms with Crippen molar-refractivity contribution in [2.45, 2.75) is 98.7 Å². The number of anilines is 3. The fourth-order valence-electron chi connectivity index (χ4n) is 12.4. The lowest BCUT2D eigenvalue weighted by molar-refractivity contribution is -0.0441. The van der Waals surface area contributed by atoms with E-state index in [0.717, 1.165) is 11.8 Å². The monoisotopic (exact) mass is 721 g/mol. The first-order chi connectivity index (χ1) is 26.2. The summed E-state index contributed by atoms with van der Waals surface area (Å²) in [6, 6.07) is 49.4. The number of hydrogen-bond donors (Lipinski definition) is 0. The largest absolute Gasteiger partial charge is 0.310 e. The van der Waals surface area contributed by atoms with Gasteiger partial charge in [-0.3, -0.25) is 0 Å². The van der Waals surface area contributed by atoms with Crippen LogP contribution in [0.2, 0.25) is 0 Å². The minimum absolute atomic E-state index is 0.0416. The van der Waals surface area contributed by atoms with Gasteiger partial charge in [0.1, 0.15) is 0 Å². The van der Waals surface area contributed by atoms with Crippen LogP contribution in [0.15, 0.2) is 137 Å². The molecule has 0 radical (unpaired) electrons. The first-order valence-electron chi connectivity index (χ1n) is 20.6. The van der Waals surface area contributed by atoms with Gasteiger partial charge < -0.3 is 4.90 Å². The molecule has 4 bridgehead atoms. The second-order valence-electron chi connectivity index (χ2n) is 18.9. The molecule has 0 unspecified atom stereocenters. The Morgan fingerprint density at radius 2 is 1.13 bits per heavy atom. The van der Waals surface area contributed by atoms with Crippen molar-refractivity contribution in [3.63, 3.8) is 0 Å². The van der Waals surface area contributed by atoms with Crippen LogP contribution in [0.3, 0.4) is 0 Å². The van der Waals surface area contributed by atoms with E-state index in [9.17, 15) is 0 Å². The predicted octanol–water partition coefficient (Wildman–Crippen LogP) is 14.5. The van der Waals surface area contributed by atoms with Gasteiger partial charge in [-0.05, 0) is 167 Å².